The van der Waals surface area contributed by atoms with E-state index in [0.29, 0.717) is 6.04 Å². The molecule has 1 aliphatic rings. The van der Waals surface area contributed by atoms with Gasteiger partial charge in [0.05, 0.1) is 25.0 Å². The standard InChI is InChI=1S/C14H26N4O/c1-10(2)18-14(13(19-3)9-16-18)12(17-15)8-11-6-4-5-7-11/h9-12,17H,4-8,15H2,1-3H3. The van der Waals surface area contributed by atoms with Crippen molar-refractivity contribution in [1.82, 2.24) is 15.2 Å². The maximum atomic E-state index is 5.79. The van der Waals surface area contributed by atoms with Gasteiger partial charge in [0.15, 0.2) is 5.75 Å². The molecular weight excluding hydrogens is 240 g/mol. The van der Waals surface area contributed by atoms with Gasteiger partial charge in [-0.05, 0) is 26.2 Å². The molecule has 0 radical (unpaired) electrons. The van der Waals surface area contributed by atoms with Gasteiger partial charge in [0.25, 0.3) is 0 Å². The Kier molecular flexibility index (Phi) is 4.82. The van der Waals surface area contributed by atoms with E-state index in [9.17, 15) is 0 Å². The molecule has 1 aromatic rings. The summed E-state index contributed by atoms with van der Waals surface area (Å²) in [6, 6.07) is 0.418. The molecule has 19 heavy (non-hydrogen) atoms. The van der Waals surface area contributed by atoms with Gasteiger partial charge >= 0.3 is 0 Å². The molecule has 1 heterocycles. The lowest BCUT2D eigenvalue weighted by Gasteiger charge is -2.23. The van der Waals surface area contributed by atoms with Crippen LogP contribution in [0, 0.1) is 5.92 Å². The predicted molar refractivity (Wildman–Crippen MR) is 75.8 cm³/mol. The summed E-state index contributed by atoms with van der Waals surface area (Å²) < 4.78 is 7.46. The second-order valence-corrected chi connectivity index (χ2v) is 5.74. The van der Waals surface area contributed by atoms with Crippen molar-refractivity contribution in [1.29, 1.82) is 0 Å². The summed E-state index contributed by atoms with van der Waals surface area (Å²) in [6.07, 6.45) is 8.18. The molecule has 0 aliphatic heterocycles. The Morgan fingerprint density at radius 1 is 1.47 bits per heavy atom. The number of nitrogens with two attached hydrogens (primary N) is 1. The average Bonchev–Trinajstić information content (AvgIpc) is 3.04. The van der Waals surface area contributed by atoms with Crippen LogP contribution in [0.3, 0.4) is 0 Å². The zero-order chi connectivity index (χ0) is 13.8. The lowest BCUT2D eigenvalue weighted by atomic mass is 9.96. The molecule has 1 aliphatic carbocycles. The summed E-state index contributed by atoms with van der Waals surface area (Å²) in [5.41, 5.74) is 4.04. The molecule has 0 aromatic carbocycles. The Labute approximate surface area is 115 Å². The van der Waals surface area contributed by atoms with Crippen molar-refractivity contribution in [2.24, 2.45) is 11.8 Å². The van der Waals surface area contributed by atoms with Crippen LogP contribution in [0.5, 0.6) is 5.75 Å². The van der Waals surface area contributed by atoms with Crippen LogP contribution in [0.15, 0.2) is 6.20 Å². The third-order valence-electron chi connectivity index (χ3n) is 4.08. The highest BCUT2D eigenvalue weighted by molar-refractivity contribution is 5.28. The van der Waals surface area contributed by atoms with Crippen LogP contribution in [0.4, 0.5) is 0 Å². The van der Waals surface area contributed by atoms with Gasteiger partial charge in [-0.3, -0.25) is 16.0 Å². The van der Waals surface area contributed by atoms with E-state index in [4.69, 9.17) is 10.6 Å². The van der Waals surface area contributed by atoms with Gasteiger partial charge in [-0.1, -0.05) is 25.7 Å². The fourth-order valence-electron chi connectivity index (χ4n) is 3.09. The van der Waals surface area contributed by atoms with Crippen molar-refractivity contribution in [3.05, 3.63) is 11.9 Å². The molecule has 0 bridgehead atoms. The van der Waals surface area contributed by atoms with Crippen molar-refractivity contribution < 1.29 is 4.74 Å². The molecule has 2 rings (SSSR count). The molecule has 108 valence electrons. The summed E-state index contributed by atoms with van der Waals surface area (Å²) in [6.45, 7) is 4.25. The van der Waals surface area contributed by atoms with Gasteiger partial charge in [-0.25, -0.2) is 0 Å². The predicted octanol–water partition coefficient (Wildman–Crippen LogP) is 2.56. The Morgan fingerprint density at radius 3 is 2.68 bits per heavy atom. The summed E-state index contributed by atoms with van der Waals surface area (Å²) in [5, 5.41) is 4.43. The summed E-state index contributed by atoms with van der Waals surface area (Å²) in [7, 11) is 1.69. The van der Waals surface area contributed by atoms with E-state index in [-0.39, 0.29) is 6.04 Å². The van der Waals surface area contributed by atoms with E-state index < -0.39 is 0 Å². The monoisotopic (exact) mass is 266 g/mol. The number of aromatic nitrogens is 2. The van der Waals surface area contributed by atoms with E-state index in [0.717, 1.165) is 23.8 Å². The van der Waals surface area contributed by atoms with E-state index in [1.165, 1.54) is 25.7 Å². The van der Waals surface area contributed by atoms with Gasteiger partial charge in [-0.2, -0.15) is 5.10 Å². The maximum Gasteiger partial charge on any atom is 0.161 e. The Bertz CT molecular complexity index is 396. The third-order valence-corrected chi connectivity index (χ3v) is 4.08. The fraction of sp³-hybridized carbons (Fsp3) is 0.786. The van der Waals surface area contributed by atoms with Crippen LogP contribution >= 0.6 is 0 Å². The molecule has 5 heteroatoms. The zero-order valence-corrected chi connectivity index (χ0v) is 12.2. The highest BCUT2D eigenvalue weighted by Gasteiger charge is 2.26. The lowest BCUT2D eigenvalue weighted by molar-refractivity contribution is 0.347. The van der Waals surface area contributed by atoms with Crippen LogP contribution in [-0.4, -0.2) is 16.9 Å². The van der Waals surface area contributed by atoms with Crippen molar-refractivity contribution in [2.45, 2.75) is 58.0 Å². The third kappa shape index (κ3) is 3.09. The molecule has 1 unspecified atom stereocenters. The second-order valence-electron chi connectivity index (χ2n) is 5.74. The Morgan fingerprint density at radius 2 is 2.16 bits per heavy atom. The van der Waals surface area contributed by atoms with E-state index >= 15 is 0 Å². The number of hydrazine groups is 1. The van der Waals surface area contributed by atoms with E-state index in [2.05, 4.69) is 24.4 Å². The van der Waals surface area contributed by atoms with Gasteiger partial charge in [0.1, 0.15) is 0 Å². The first-order valence-corrected chi connectivity index (χ1v) is 7.24. The second kappa shape index (κ2) is 6.39. The molecule has 1 saturated carbocycles. The number of nitrogens with zero attached hydrogens (tertiary/aromatic N) is 2. The summed E-state index contributed by atoms with van der Waals surface area (Å²) >= 11 is 0. The van der Waals surface area contributed by atoms with Crippen molar-refractivity contribution in [3.8, 4) is 5.75 Å². The van der Waals surface area contributed by atoms with Gasteiger partial charge in [0.2, 0.25) is 0 Å². The SMILES string of the molecule is COc1cnn(C(C)C)c1C(CC1CCCC1)NN. The molecule has 5 nitrogen and oxygen atoms in total. The largest absolute Gasteiger partial charge is 0.493 e. The molecule has 1 fully saturated rings. The maximum absolute atomic E-state index is 5.79. The highest BCUT2D eigenvalue weighted by atomic mass is 16.5. The zero-order valence-electron chi connectivity index (χ0n) is 12.2. The van der Waals surface area contributed by atoms with Gasteiger partial charge in [0, 0.05) is 6.04 Å². The van der Waals surface area contributed by atoms with Crippen LogP contribution < -0.4 is 16.0 Å². The van der Waals surface area contributed by atoms with Crippen LogP contribution in [-0.2, 0) is 0 Å². The van der Waals surface area contributed by atoms with Gasteiger partial charge < -0.3 is 4.74 Å². The first kappa shape index (κ1) is 14.3. The van der Waals surface area contributed by atoms with Crippen molar-refractivity contribution >= 4 is 0 Å². The molecule has 0 saturated heterocycles. The molecule has 1 atom stereocenters. The first-order chi connectivity index (χ1) is 9.17. The number of hydrogen-bond donors (Lipinski definition) is 2. The minimum Gasteiger partial charge on any atom is -0.493 e. The van der Waals surface area contributed by atoms with Gasteiger partial charge in [-0.15, -0.1) is 0 Å². The average molecular weight is 266 g/mol. The Balaban J connectivity index is 2.22. The number of nitrogens with one attached hydrogen (secondary N) is 1. The number of ether oxygens (including phenoxy) is 1. The quantitative estimate of drug-likeness (QED) is 0.613. The summed E-state index contributed by atoms with van der Waals surface area (Å²) in [4.78, 5) is 0. The number of hydrogen-bond acceptors (Lipinski definition) is 4. The molecule has 0 spiro atoms. The number of rotatable bonds is 6. The van der Waals surface area contributed by atoms with Crippen LogP contribution in [0.25, 0.3) is 0 Å². The van der Waals surface area contributed by atoms with Crippen molar-refractivity contribution in [3.63, 3.8) is 0 Å². The number of methoxy groups -OCH3 is 1. The Hall–Kier alpha value is -1.07. The first-order valence-electron chi connectivity index (χ1n) is 7.24. The minimum absolute atomic E-state index is 0.114. The fourth-order valence-corrected chi connectivity index (χ4v) is 3.09. The smallest absolute Gasteiger partial charge is 0.161 e. The summed E-state index contributed by atoms with van der Waals surface area (Å²) in [5.74, 6) is 7.38. The molecule has 0 amide bonds. The topological polar surface area (TPSA) is 65.1 Å². The highest BCUT2D eigenvalue weighted by Crippen LogP contribution is 2.36. The van der Waals surface area contributed by atoms with Crippen LogP contribution in [0.2, 0.25) is 0 Å². The molecule has 3 N–H and O–H groups in total. The van der Waals surface area contributed by atoms with E-state index in [1.807, 2.05) is 4.68 Å². The molecule has 1 aromatic heterocycles. The minimum atomic E-state index is 0.114. The van der Waals surface area contributed by atoms with Crippen molar-refractivity contribution in [2.75, 3.05) is 7.11 Å². The van der Waals surface area contributed by atoms with Crippen LogP contribution in [0.1, 0.15) is 63.7 Å². The lowest BCUT2D eigenvalue weighted by Crippen LogP contribution is -2.32. The normalized spacial score (nSPS) is 18.2. The van der Waals surface area contributed by atoms with E-state index in [1.54, 1.807) is 13.3 Å². The molecular formula is C14H26N4O.